The summed E-state index contributed by atoms with van der Waals surface area (Å²) in [6, 6.07) is 5.81. The van der Waals surface area contributed by atoms with Gasteiger partial charge in [-0.1, -0.05) is 24.6 Å². The van der Waals surface area contributed by atoms with Gasteiger partial charge in [-0.2, -0.15) is 13.2 Å². The smallest absolute Gasteiger partial charge is 0.396 e. The van der Waals surface area contributed by atoms with Crippen molar-refractivity contribution in [2.24, 2.45) is 0 Å². The Morgan fingerprint density at radius 3 is 2.75 bits per heavy atom. The SMILES string of the molecule is OCCC1CCCCN1Cc1cccc(C(F)(F)F)c1. The third-order valence-electron chi connectivity index (χ3n) is 3.85. The second kappa shape index (κ2) is 6.59. The van der Waals surface area contributed by atoms with Crippen LogP contribution in [0.1, 0.15) is 36.8 Å². The van der Waals surface area contributed by atoms with Crippen molar-refractivity contribution in [2.45, 2.75) is 44.4 Å². The number of halogens is 3. The van der Waals surface area contributed by atoms with E-state index < -0.39 is 11.7 Å². The van der Waals surface area contributed by atoms with E-state index in [0.717, 1.165) is 31.9 Å². The number of piperidine rings is 1. The molecule has 112 valence electrons. The minimum absolute atomic E-state index is 0.129. The summed E-state index contributed by atoms with van der Waals surface area (Å²) < 4.78 is 38.1. The number of rotatable bonds is 4. The maximum absolute atomic E-state index is 12.7. The van der Waals surface area contributed by atoms with Gasteiger partial charge in [0.15, 0.2) is 0 Å². The maximum Gasteiger partial charge on any atom is 0.416 e. The molecule has 1 atom stereocenters. The average molecular weight is 287 g/mol. The van der Waals surface area contributed by atoms with Crippen molar-refractivity contribution in [3.8, 4) is 0 Å². The molecule has 0 aromatic heterocycles. The van der Waals surface area contributed by atoms with E-state index >= 15 is 0 Å². The summed E-state index contributed by atoms with van der Waals surface area (Å²) in [5.74, 6) is 0. The molecule has 0 bridgehead atoms. The van der Waals surface area contributed by atoms with E-state index in [0.29, 0.717) is 18.5 Å². The molecule has 1 aliphatic rings. The van der Waals surface area contributed by atoms with Crippen molar-refractivity contribution in [3.05, 3.63) is 35.4 Å². The van der Waals surface area contributed by atoms with Gasteiger partial charge in [0.2, 0.25) is 0 Å². The monoisotopic (exact) mass is 287 g/mol. The van der Waals surface area contributed by atoms with Crippen molar-refractivity contribution in [3.63, 3.8) is 0 Å². The second-order valence-corrected chi connectivity index (χ2v) is 5.33. The van der Waals surface area contributed by atoms with Gasteiger partial charge in [0.1, 0.15) is 0 Å². The van der Waals surface area contributed by atoms with Crippen LogP contribution in [-0.4, -0.2) is 29.2 Å². The van der Waals surface area contributed by atoms with Crippen molar-refractivity contribution in [1.29, 1.82) is 0 Å². The summed E-state index contributed by atoms with van der Waals surface area (Å²) in [5, 5.41) is 9.08. The highest BCUT2D eigenvalue weighted by Crippen LogP contribution is 2.30. The van der Waals surface area contributed by atoms with Gasteiger partial charge in [-0.25, -0.2) is 0 Å². The predicted octanol–water partition coefficient (Wildman–Crippen LogP) is 3.44. The molecular formula is C15H20F3NO. The lowest BCUT2D eigenvalue weighted by Crippen LogP contribution is -2.39. The van der Waals surface area contributed by atoms with Crippen molar-refractivity contribution < 1.29 is 18.3 Å². The molecule has 1 aromatic rings. The number of benzene rings is 1. The van der Waals surface area contributed by atoms with Crippen molar-refractivity contribution in [2.75, 3.05) is 13.2 Å². The molecule has 0 aliphatic carbocycles. The van der Waals surface area contributed by atoms with Crippen LogP contribution in [0.15, 0.2) is 24.3 Å². The van der Waals surface area contributed by atoms with Crippen LogP contribution in [0.3, 0.4) is 0 Å². The summed E-state index contributed by atoms with van der Waals surface area (Å²) in [6.45, 7) is 1.54. The summed E-state index contributed by atoms with van der Waals surface area (Å²) in [5.41, 5.74) is 0.0929. The molecule has 2 nitrogen and oxygen atoms in total. The molecule has 0 spiro atoms. The van der Waals surface area contributed by atoms with Gasteiger partial charge < -0.3 is 5.11 Å². The van der Waals surface area contributed by atoms with E-state index in [9.17, 15) is 13.2 Å². The Balaban J connectivity index is 2.08. The Labute approximate surface area is 117 Å². The second-order valence-electron chi connectivity index (χ2n) is 5.33. The fourth-order valence-electron chi connectivity index (χ4n) is 2.82. The molecule has 1 heterocycles. The van der Waals surface area contributed by atoms with Gasteiger partial charge in [-0.05, 0) is 37.4 Å². The molecule has 0 amide bonds. The van der Waals surface area contributed by atoms with Gasteiger partial charge >= 0.3 is 6.18 Å². The molecule has 1 aliphatic heterocycles. The molecule has 0 radical (unpaired) electrons. The zero-order chi connectivity index (χ0) is 14.6. The van der Waals surface area contributed by atoms with Crippen LogP contribution < -0.4 is 0 Å². The summed E-state index contributed by atoms with van der Waals surface area (Å²) in [7, 11) is 0. The van der Waals surface area contributed by atoms with E-state index in [2.05, 4.69) is 4.90 Å². The highest BCUT2D eigenvalue weighted by molar-refractivity contribution is 5.25. The number of aliphatic hydroxyl groups is 1. The lowest BCUT2D eigenvalue weighted by Gasteiger charge is -2.35. The van der Waals surface area contributed by atoms with Gasteiger partial charge in [0.05, 0.1) is 5.56 Å². The van der Waals surface area contributed by atoms with Crippen LogP contribution in [0.2, 0.25) is 0 Å². The van der Waals surface area contributed by atoms with E-state index in [1.807, 2.05) is 0 Å². The Hall–Kier alpha value is -1.07. The highest BCUT2D eigenvalue weighted by atomic mass is 19.4. The van der Waals surface area contributed by atoms with Crippen LogP contribution in [0, 0.1) is 0 Å². The fourth-order valence-corrected chi connectivity index (χ4v) is 2.82. The van der Waals surface area contributed by atoms with Crippen LogP contribution in [0.4, 0.5) is 13.2 Å². The topological polar surface area (TPSA) is 23.5 Å². The zero-order valence-corrected chi connectivity index (χ0v) is 11.4. The molecule has 1 unspecified atom stereocenters. The van der Waals surface area contributed by atoms with E-state index in [4.69, 9.17) is 5.11 Å². The number of aliphatic hydroxyl groups excluding tert-OH is 1. The Bertz CT molecular complexity index is 431. The number of hydrogen-bond donors (Lipinski definition) is 1. The number of nitrogens with zero attached hydrogens (tertiary/aromatic N) is 1. The molecule has 20 heavy (non-hydrogen) atoms. The van der Waals surface area contributed by atoms with Gasteiger partial charge in [0.25, 0.3) is 0 Å². The predicted molar refractivity (Wildman–Crippen MR) is 71.2 cm³/mol. The molecule has 1 fully saturated rings. The number of alkyl halides is 3. The van der Waals surface area contributed by atoms with Crippen molar-refractivity contribution in [1.82, 2.24) is 4.90 Å². The first-order valence-electron chi connectivity index (χ1n) is 7.02. The first-order chi connectivity index (χ1) is 9.50. The van der Waals surface area contributed by atoms with Crippen LogP contribution in [0.25, 0.3) is 0 Å². The molecule has 1 aromatic carbocycles. The van der Waals surface area contributed by atoms with E-state index in [1.165, 1.54) is 12.1 Å². The lowest BCUT2D eigenvalue weighted by atomic mass is 9.98. The van der Waals surface area contributed by atoms with Crippen LogP contribution >= 0.6 is 0 Å². The quantitative estimate of drug-likeness (QED) is 0.917. The Morgan fingerprint density at radius 1 is 1.25 bits per heavy atom. The van der Waals surface area contributed by atoms with Crippen molar-refractivity contribution >= 4 is 0 Å². The van der Waals surface area contributed by atoms with Crippen LogP contribution in [0.5, 0.6) is 0 Å². The lowest BCUT2D eigenvalue weighted by molar-refractivity contribution is -0.137. The van der Waals surface area contributed by atoms with Gasteiger partial charge in [-0.3, -0.25) is 4.90 Å². The van der Waals surface area contributed by atoms with E-state index in [1.54, 1.807) is 6.07 Å². The Morgan fingerprint density at radius 2 is 2.05 bits per heavy atom. The first-order valence-corrected chi connectivity index (χ1v) is 7.02. The highest BCUT2D eigenvalue weighted by Gasteiger charge is 2.30. The summed E-state index contributed by atoms with van der Waals surface area (Å²) in [4.78, 5) is 2.19. The number of hydrogen-bond acceptors (Lipinski definition) is 2. The molecule has 0 saturated carbocycles. The molecular weight excluding hydrogens is 267 g/mol. The zero-order valence-electron chi connectivity index (χ0n) is 11.4. The maximum atomic E-state index is 12.7. The van der Waals surface area contributed by atoms with Gasteiger partial charge in [-0.15, -0.1) is 0 Å². The van der Waals surface area contributed by atoms with Crippen LogP contribution in [-0.2, 0) is 12.7 Å². The van der Waals surface area contributed by atoms with E-state index in [-0.39, 0.29) is 12.6 Å². The third-order valence-corrected chi connectivity index (χ3v) is 3.85. The standard InChI is InChI=1S/C15H20F3NO/c16-15(17,18)13-5-3-4-12(10-13)11-19-8-2-1-6-14(19)7-9-20/h3-5,10,14,20H,1-2,6-9,11H2. The number of likely N-dealkylation sites (tertiary alicyclic amines) is 1. The Kier molecular flexibility index (Phi) is 5.05. The third kappa shape index (κ3) is 3.96. The average Bonchev–Trinajstić information content (AvgIpc) is 2.41. The summed E-state index contributed by atoms with van der Waals surface area (Å²) >= 11 is 0. The molecule has 1 N–H and O–H groups in total. The molecule has 2 rings (SSSR count). The van der Waals surface area contributed by atoms with Gasteiger partial charge in [0, 0.05) is 19.2 Å². The fraction of sp³-hybridized carbons (Fsp3) is 0.600. The summed E-state index contributed by atoms with van der Waals surface area (Å²) in [6.07, 6.45) is -0.383. The normalized spacial score (nSPS) is 21.1. The minimum Gasteiger partial charge on any atom is -0.396 e. The molecule has 5 heteroatoms. The largest absolute Gasteiger partial charge is 0.416 e. The minimum atomic E-state index is -4.29. The molecule has 1 saturated heterocycles. The first kappa shape index (κ1) is 15.3.